The van der Waals surface area contributed by atoms with E-state index < -0.39 is 5.97 Å². The van der Waals surface area contributed by atoms with Gasteiger partial charge in [-0.25, -0.2) is 0 Å². The van der Waals surface area contributed by atoms with Gasteiger partial charge in [0.2, 0.25) is 0 Å². The summed E-state index contributed by atoms with van der Waals surface area (Å²) in [5, 5.41) is 8.98. The normalized spacial score (nSPS) is 16.2. The molecule has 0 radical (unpaired) electrons. The summed E-state index contributed by atoms with van der Waals surface area (Å²) in [6.07, 6.45) is 5.07. The number of carboxylic acids is 1. The van der Waals surface area contributed by atoms with Crippen LogP contribution in [0.3, 0.4) is 0 Å². The Balaban J connectivity index is 1.36. The van der Waals surface area contributed by atoms with Crippen LogP contribution in [0.5, 0.6) is 0 Å². The van der Waals surface area contributed by atoms with E-state index in [4.69, 9.17) is 14.8 Å². The standard InChI is InChI=1S/C25H24N2O3S/c28-25(29)13-17-1-3-18(4-2-17)21-6-7-23-22(21)14-19(15-26-23)24-8-5-20(31-24)16-27-9-11-30-12-10-27/h1-6,8,14-15H,7,9-13,16H2,(H,28,29). The van der Waals surface area contributed by atoms with Crippen LogP contribution in [0.2, 0.25) is 0 Å². The van der Waals surface area contributed by atoms with Crippen molar-refractivity contribution in [3.05, 3.63) is 82.0 Å². The first-order chi connectivity index (χ1) is 15.2. The van der Waals surface area contributed by atoms with Crippen LogP contribution in [0.25, 0.3) is 16.0 Å². The van der Waals surface area contributed by atoms with Gasteiger partial charge in [0.15, 0.2) is 0 Å². The molecule has 1 fully saturated rings. The van der Waals surface area contributed by atoms with Crippen LogP contribution in [0.1, 0.15) is 27.3 Å². The fraction of sp³-hybridized carbons (Fsp3) is 0.280. The first kappa shape index (κ1) is 20.1. The summed E-state index contributed by atoms with van der Waals surface area (Å²) < 4.78 is 5.45. The smallest absolute Gasteiger partial charge is 0.307 e. The Morgan fingerprint density at radius 3 is 2.68 bits per heavy atom. The second-order valence-electron chi connectivity index (χ2n) is 7.96. The number of carboxylic acid groups (broad SMARTS) is 1. The Hall–Kier alpha value is -2.80. The number of aromatic nitrogens is 1. The van der Waals surface area contributed by atoms with Gasteiger partial charge in [0, 0.05) is 53.1 Å². The summed E-state index contributed by atoms with van der Waals surface area (Å²) in [7, 11) is 0. The van der Waals surface area contributed by atoms with Gasteiger partial charge in [-0.05, 0) is 34.9 Å². The molecule has 0 atom stereocenters. The monoisotopic (exact) mass is 432 g/mol. The summed E-state index contributed by atoms with van der Waals surface area (Å²) in [5.74, 6) is -0.809. The predicted octanol–water partition coefficient (Wildman–Crippen LogP) is 4.26. The quantitative estimate of drug-likeness (QED) is 0.631. The highest BCUT2D eigenvalue weighted by atomic mass is 32.1. The Morgan fingerprint density at radius 1 is 1.10 bits per heavy atom. The Morgan fingerprint density at radius 2 is 1.90 bits per heavy atom. The van der Waals surface area contributed by atoms with Gasteiger partial charge in [0.25, 0.3) is 0 Å². The molecule has 1 saturated heterocycles. The highest BCUT2D eigenvalue weighted by Crippen LogP contribution is 2.36. The number of allylic oxidation sites excluding steroid dienone is 1. The largest absolute Gasteiger partial charge is 0.481 e. The van der Waals surface area contributed by atoms with Gasteiger partial charge in [-0.15, -0.1) is 11.3 Å². The predicted molar refractivity (Wildman–Crippen MR) is 122 cm³/mol. The van der Waals surface area contributed by atoms with E-state index in [-0.39, 0.29) is 6.42 Å². The molecule has 0 unspecified atom stereocenters. The highest BCUT2D eigenvalue weighted by molar-refractivity contribution is 7.15. The number of nitrogens with zero attached hydrogens (tertiary/aromatic N) is 2. The molecule has 5 nitrogen and oxygen atoms in total. The third-order valence-corrected chi connectivity index (χ3v) is 6.93. The molecule has 158 valence electrons. The van der Waals surface area contributed by atoms with Crippen molar-refractivity contribution in [3.8, 4) is 10.4 Å². The number of thiophene rings is 1. The van der Waals surface area contributed by atoms with Crippen LogP contribution in [0, 0.1) is 0 Å². The van der Waals surface area contributed by atoms with Crippen molar-refractivity contribution in [1.29, 1.82) is 0 Å². The topological polar surface area (TPSA) is 62.7 Å². The number of aliphatic carboxylic acids is 1. The van der Waals surface area contributed by atoms with Crippen molar-refractivity contribution >= 4 is 22.9 Å². The Bertz CT molecular complexity index is 1130. The zero-order valence-electron chi connectivity index (χ0n) is 17.2. The Labute approximate surface area is 185 Å². The van der Waals surface area contributed by atoms with Gasteiger partial charge in [-0.1, -0.05) is 30.3 Å². The number of benzene rings is 1. The average molecular weight is 433 g/mol. The highest BCUT2D eigenvalue weighted by Gasteiger charge is 2.19. The van der Waals surface area contributed by atoms with E-state index in [1.807, 2.05) is 41.8 Å². The summed E-state index contributed by atoms with van der Waals surface area (Å²) in [6, 6.07) is 14.5. The van der Waals surface area contributed by atoms with Crippen molar-refractivity contribution in [1.82, 2.24) is 9.88 Å². The van der Waals surface area contributed by atoms with Gasteiger partial charge < -0.3 is 9.84 Å². The fourth-order valence-corrected chi connectivity index (χ4v) is 5.21. The Kier molecular flexibility index (Phi) is 5.68. The number of hydrogen-bond acceptors (Lipinski definition) is 5. The zero-order valence-corrected chi connectivity index (χ0v) is 18.0. The van der Waals surface area contributed by atoms with E-state index in [2.05, 4.69) is 29.2 Å². The molecule has 0 amide bonds. The lowest BCUT2D eigenvalue weighted by atomic mass is 9.98. The zero-order chi connectivity index (χ0) is 21.2. The van der Waals surface area contributed by atoms with Crippen LogP contribution in [-0.4, -0.2) is 47.3 Å². The van der Waals surface area contributed by atoms with Gasteiger partial charge in [0.05, 0.1) is 25.3 Å². The van der Waals surface area contributed by atoms with E-state index in [1.54, 1.807) is 0 Å². The molecule has 0 bridgehead atoms. The number of hydrogen-bond donors (Lipinski definition) is 1. The van der Waals surface area contributed by atoms with E-state index >= 15 is 0 Å². The third-order valence-electron chi connectivity index (χ3n) is 5.81. The van der Waals surface area contributed by atoms with E-state index in [0.717, 1.165) is 61.7 Å². The first-order valence-electron chi connectivity index (χ1n) is 10.6. The molecule has 0 saturated carbocycles. The molecule has 6 heteroatoms. The minimum absolute atomic E-state index is 0.0484. The molecular formula is C25H24N2O3S. The summed E-state index contributed by atoms with van der Waals surface area (Å²) in [4.78, 5) is 20.7. The minimum Gasteiger partial charge on any atom is -0.481 e. The van der Waals surface area contributed by atoms with E-state index in [9.17, 15) is 4.79 Å². The number of ether oxygens (including phenoxy) is 1. The van der Waals surface area contributed by atoms with Crippen LogP contribution < -0.4 is 0 Å². The molecule has 0 spiro atoms. The van der Waals surface area contributed by atoms with Crippen LogP contribution in [0.4, 0.5) is 0 Å². The molecule has 31 heavy (non-hydrogen) atoms. The molecule has 1 aliphatic carbocycles. The molecule has 3 aromatic rings. The first-order valence-corrected chi connectivity index (χ1v) is 11.4. The molecule has 2 aromatic heterocycles. The number of carbonyl (C=O) groups is 1. The summed E-state index contributed by atoms with van der Waals surface area (Å²) in [6.45, 7) is 4.60. The lowest BCUT2D eigenvalue weighted by Gasteiger charge is -2.25. The lowest BCUT2D eigenvalue weighted by molar-refractivity contribution is -0.136. The van der Waals surface area contributed by atoms with Crippen molar-refractivity contribution in [2.24, 2.45) is 0 Å². The molecular weight excluding hydrogens is 408 g/mol. The maximum Gasteiger partial charge on any atom is 0.307 e. The molecule has 5 rings (SSSR count). The average Bonchev–Trinajstić information content (AvgIpc) is 3.41. The van der Waals surface area contributed by atoms with Gasteiger partial charge in [0.1, 0.15) is 0 Å². The van der Waals surface area contributed by atoms with Crippen molar-refractivity contribution in [2.75, 3.05) is 26.3 Å². The minimum atomic E-state index is -0.809. The molecule has 1 aromatic carbocycles. The second-order valence-corrected chi connectivity index (χ2v) is 9.13. The maximum absolute atomic E-state index is 10.9. The fourth-order valence-electron chi connectivity index (χ4n) is 4.18. The van der Waals surface area contributed by atoms with Gasteiger partial charge in [-0.2, -0.15) is 0 Å². The summed E-state index contributed by atoms with van der Waals surface area (Å²) in [5.41, 5.74) is 6.51. The second kappa shape index (κ2) is 8.75. The third kappa shape index (κ3) is 4.46. The molecule has 3 heterocycles. The van der Waals surface area contributed by atoms with Gasteiger partial charge >= 0.3 is 5.97 Å². The lowest BCUT2D eigenvalue weighted by Crippen LogP contribution is -2.35. The van der Waals surface area contributed by atoms with Crippen molar-refractivity contribution in [3.63, 3.8) is 0 Å². The molecule has 1 N–H and O–H groups in total. The van der Waals surface area contributed by atoms with E-state index in [1.165, 1.54) is 20.9 Å². The van der Waals surface area contributed by atoms with E-state index in [0.29, 0.717) is 0 Å². The van der Waals surface area contributed by atoms with Crippen molar-refractivity contribution < 1.29 is 14.6 Å². The van der Waals surface area contributed by atoms with Crippen molar-refractivity contribution in [2.45, 2.75) is 19.4 Å². The number of rotatable bonds is 6. The van der Waals surface area contributed by atoms with Crippen LogP contribution in [-0.2, 0) is 28.9 Å². The SMILES string of the molecule is O=C(O)Cc1ccc(C2=CCc3ncc(-c4ccc(CN5CCOCC5)s4)cc32)cc1. The number of fused-ring (bicyclic) bond motifs is 1. The van der Waals surface area contributed by atoms with Crippen LogP contribution in [0.15, 0.2) is 54.7 Å². The summed E-state index contributed by atoms with van der Waals surface area (Å²) >= 11 is 1.83. The number of morpholine rings is 1. The molecule has 1 aliphatic heterocycles. The van der Waals surface area contributed by atoms with Gasteiger partial charge in [-0.3, -0.25) is 14.7 Å². The molecule has 2 aliphatic rings. The van der Waals surface area contributed by atoms with Crippen LogP contribution >= 0.6 is 11.3 Å². The maximum atomic E-state index is 10.9. The number of pyridine rings is 1.